The van der Waals surface area contributed by atoms with Gasteiger partial charge in [-0.3, -0.25) is 14.6 Å². The Balaban J connectivity index is 1.41. The molecule has 12 nitrogen and oxygen atoms in total. The zero-order valence-corrected chi connectivity index (χ0v) is 35.7. The third kappa shape index (κ3) is 12.4. The summed E-state index contributed by atoms with van der Waals surface area (Å²) in [7, 11) is 1.23. The number of hydrogen-bond acceptors (Lipinski definition) is 7. The Labute approximate surface area is 352 Å². The van der Waals surface area contributed by atoms with Crippen molar-refractivity contribution in [3.63, 3.8) is 0 Å². The van der Waals surface area contributed by atoms with E-state index in [0.717, 1.165) is 27.9 Å². The van der Waals surface area contributed by atoms with Gasteiger partial charge in [0.1, 0.15) is 17.9 Å². The zero-order chi connectivity index (χ0) is 43.6. The van der Waals surface area contributed by atoms with Gasteiger partial charge < -0.3 is 35.6 Å². The number of alkyl carbamates (subject to hydrolysis) is 1. The lowest BCUT2D eigenvalue weighted by atomic mass is 9.84. The van der Waals surface area contributed by atoms with E-state index in [0.29, 0.717) is 19.5 Å². The summed E-state index contributed by atoms with van der Waals surface area (Å²) >= 11 is 0. The van der Waals surface area contributed by atoms with Crippen LogP contribution in [0.2, 0.25) is 0 Å². The second-order valence-corrected chi connectivity index (χ2v) is 17.7. The summed E-state index contributed by atoms with van der Waals surface area (Å²) in [5, 5.41) is 21.1. The first-order valence-corrected chi connectivity index (χ1v) is 20.4. The average Bonchev–Trinajstić information content (AvgIpc) is 3.55. The maximum atomic E-state index is 14.6. The summed E-state index contributed by atoms with van der Waals surface area (Å²) in [5.74, 6) is -1.23. The van der Waals surface area contributed by atoms with E-state index in [2.05, 4.69) is 20.9 Å². The van der Waals surface area contributed by atoms with E-state index in [4.69, 9.17) is 4.74 Å². The Morgan fingerprint density at radius 3 is 2.00 bits per heavy atom. The third-order valence-electron chi connectivity index (χ3n) is 10.7. The molecule has 60 heavy (non-hydrogen) atoms. The molecule has 0 radical (unpaired) electrons. The molecule has 1 aliphatic heterocycles. The van der Waals surface area contributed by atoms with Crippen LogP contribution in [0.4, 0.5) is 14.0 Å². The number of methoxy groups -OCH3 is 1. The number of nitrogens with one attached hydrogen (secondary N) is 3. The lowest BCUT2D eigenvalue weighted by Crippen LogP contribution is -2.59. The number of urea groups is 1. The number of carbonyl (C=O) groups is 4. The summed E-state index contributed by atoms with van der Waals surface area (Å²) in [6, 6.07) is 25.3. The highest BCUT2D eigenvalue weighted by Gasteiger charge is 2.44. The van der Waals surface area contributed by atoms with Crippen molar-refractivity contribution in [3.8, 4) is 11.3 Å². The maximum absolute atomic E-state index is 14.6. The third-order valence-corrected chi connectivity index (χ3v) is 10.7. The first-order valence-electron chi connectivity index (χ1n) is 20.4. The molecule has 2 unspecified atom stereocenters. The minimum Gasteiger partial charge on any atom is -0.453 e. The van der Waals surface area contributed by atoms with Crippen molar-refractivity contribution in [2.75, 3.05) is 20.2 Å². The van der Waals surface area contributed by atoms with Crippen LogP contribution in [-0.2, 0) is 33.7 Å². The molecule has 1 fully saturated rings. The molecule has 13 heteroatoms. The van der Waals surface area contributed by atoms with E-state index in [9.17, 15) is 28.7 Å². The highest BCUT2D eigenvalue weighted by molar-refractivity contribution is 5.89. The van der Waals surface area contributed by atoms with E-state index in [1.54, 1.807) is 28.1 Å². The van der Waals surface area contributed by atoms with E-state index >= 15 is 0 Å². The molecule has 0 bridgehead atoms. The highest BCUT2D eigenvalue weighted by Crippen LogP contribution is 2.29. The normalized spacial score (nSPS) is 15.7. The largest absolute Gasteiger partial charge is 0.453 e. The van der Waals surface area contributed by atoms with Crippen LogP contribution in [0.5, 0.6) is 0 Å². The molecule has 4 aromatic rings. The van der Waals surface area contributed by atoms with Gasteiger partial charge >= 0.3 is 12.1 Å². The van der Waals surface area contributed by atoms with Crippen molar-refractivity contribution in [3.05, 3.63) is 126 Å². The Bertz CT molecular complexity index is 2040. The number of halogens is 1. The Morgan fingerprint density at radius 2 is 1.40 bits per heavy atom. The molecule has 1 aromatic heterocycles. The lowest BCUT2D eigenvalue weighted by Gasteiger charge is -2.38. The number of amides is 5. The minimum atomic E-state index is -1.17. The number of aliphatic hydroxyl groups excluding tert-OH is 1. The van der Waals surface area contributed by atoms with E-state index in [-0.39, 0.29) is 31.2 Å². The van der Waals surface area contributed by atoms with Crippen LogP contribution in [0, 0.1) is 16.6 Å². The SMILES string of the molecule is COC(=O)NC(C(=O)N[C@@H](Cc1ccc(-c2ccccn2)cc1)C[C@H](O)[C@H](Cc1ccccc1)NC(=O)C(N1CCN(Cc2ccc(F)cc2)C1=O)C(C)(C)C)C(C)(C)C. The second-order valence-electron chi connectivity index (χ2n) is 17.7. The van der Waals surface area contributed by atoms with Crippen molar-refractivity contribution in [2.24, 2.45) is 10.8 Å². The Kier molecular flexibility index (Phi) is 15.1. The molecule has 320 valence electrons. The number of ether oxygens (including phenoxy) is 1. The number of aromatic nitrogens is 1. The first kappa shape index (κ1) is 45.3. The molecule has 1 aliphatic rings. The number of aliphatic hydroxyl groups is 1. The van der Waals surface area contributed by atoms with Gasteiger partial charge in [-0.25, -0.2) is 14.0 Å². The number of hydrogen-bond donors (Lipinski definition) is 4. The number of nitrogens with zero attached hydrogens (tertiary/aromatic N) is 3. The molecule has 0 spiro atoms. The van der Waals surface area contributed by atoms with E-state index in [1.807, 2.05) is 114 Å². The smallest absolute Gasteiger partial charge is 0.407 e. The number of pyridine rings is 1. The summed E-state index contributed by atoms with van der Waals surface area (Å²) in [6.07, 6.45) is 0.438. The molecule has 5 rings (SSSR count). The van der Waals surface area contributed by atoms with Gasteiger partial charge in [0, 0.05) is 37.4 Å². The van der Waals surface area contributed by atoms with Gasteiger partial charge in [-0.15, -0.1) is 0 Å². The fourth-order valence-corrected chi connectivity index (χ4v) is 7.63. The highest BCUT2D eigenvalue weighted by atomic mass is 19.1. The topological polar surface area (TPSA) is 153 Å². The molecule has 0 saturated carbocycles. The van der Waals surface area contributed by atoms with Crippen molar-refractivity contribution in [1.82, 2.24) is 30.7 Å². The lowest BCUT2D eigenvalue weighted by molar-refractivity contribution is -0.131. The Morgan fingerprint density at radius 1 is 0.767 bits per heavy atom. The summed E-state index contributed by atoms with van der Waals surface area (Å²) in [4.78, 5) is 62.5. The number of carbonyl (C=O) groups excluding carboxylic acids is 4. The van der Waals surface area contributed by atoms with Crippen molar-refractivity contribution < 1.29 is 33.4 Å². The van der Waals surface area contributed by atoms with Crippen LogP contribution in [0.25, 0.3) is 11.3 Å². The zero-order valence-electron chi connectivity index (χ0n) is 35.7. The van der Waals surface area contributed by atoms with E-state index < -0.39 is 59.0 Å². The number of benzene rings is 3. The predicted molar refractivity (Wildman–Crippen MR) is 229 cm³/mol. The summed E-state index contributed by atoms with van der Waals surface area (Å²) < 4.78 is 18.4. The van der Waals surface area contributed by atoms with Gasteiger partial charge in [-0.2, -0.15) is 0 Å². The van der Waals surface area contributed by atoms with Crippen LogP contribution >= 0.6 is 0 Å². The quantitative estimate of drug-likeness (QED) is 0.101. The maximum Gasteiger partial charge on any atom is 0.407 e. The van der Waals surface area contributed by atoms with Gasteiger partial charge in [0.2, 0.25) is 11.8 Å². The van der Waals surface area contributed by atoms with Crippen LogP contribution in [0.3, 0.4) is 0 Å². The summed E-state index contributed by atoms with van der Waals surface area (Å²) in [5.41, 5.74) is 2.88. The van der Waals surface area contributed by atoms with Gasteiger partial charge in [-0.1, -0.05) is 114 Å². The molecule has 3 aromatic carbocycles. The molecular weight excluding hydrogens is 764 g/mol. The molecule has 4 N–H and O–H groups in total. The molecule has 2 heterocycles. The fourth-order valence-electron chi connectivity index (χ4n) is 7.63. The van der Waals surface area contributed by atoms with Gasteiger partial charge in [0.15, 0.2) is 0 Å². The van der Waals surface area contributed by atoms with Gasteiger partial charge in [0.25, 0.3) is 0 Å². The van der Waals surface area contributed by atoms with E-state index in [1.165, 1.54) is 19.2 Å². The minimum absolute atomic E-state index is 0.0366. The Hall–Kier alpha value is -5.82. The summed E-state index contributed by atoms with van der Waals surface area (Å²) in [6.45, 7) is 12.2. The molecule has 5 atom stereocenters. The average molecular weight is 823 g/mol. The van der Waals surface area contributed by atoms with Crippen LogP contribution in [-0.4, -0.2) is 94.3 Å². The molecule has 0 aliphatic carbocycles. The second kappa shape index (κ2) is 20.0. The van der Waals surface area contributed by atoms with Gasteiger partial charge in [-0.05, 0) is 71.0 Å². The molecular formula is C47H59FN6O6. The van der Waals surface area contributed by atoms with Crippen LogP contribution in [0.1, 0.15) is 64.7 Å². The fraction of sp³-hybridized carbons (Fsp3) is 0.426. The van der Waals surface area contributed by atoms with Crippen LogP contribution in [0.15, 0.2) is 103 Å². The number of rotatable bonds is 16. The van der Waals surface area contributed by atoms with Gasteiger partial charge in [0.05, 0.1) is 24.9 Å². The van der Waals surface area contributed by atoms with Crippen LogP contribution < -0.4 is 16.0 Å². The van der Waals surface area contributed by atoms with Crippen molar-refractivity contribution in [2.45, 2.75) is 97.6 Å². The molecule has 1 saturated heterocycles. The first-order chi connectivity index (χ1) is 28.4. The standard InChI is InChI=1S/C47H59FN6O6/c1-46(2,3)40(52-44(58)60-7)42(56)50-36(27-32-16-20-34(21-17-32)37-15-11-12-24-49-37)29-39(55)38(28-31-13-9-8-10-14-31)51-43(57)41(47(4,5)6)54-26-25-53(45(54)59)30-33-18-22-35(48)23-19-33/h8-24,36,38-41,55H,25-30H2,1-7H3,(H,50,56)(H,51,57)(H,52,58)/t36-,38-,39-,40?,41?/m0/s1. The van der Waals surface area contributed by atoms with Crippen molar-refractivity contribution >= 4 is 23.9 Å². The van der Waals surface area contributed by atoms with Crippen molar-refractivity contribution in [1.29, 1.82) is 0 Å². The molecule has 5 amide bonds. The predicted octanol–water partition coefficient (Wildman–Crippen LogP) is 6.52. The monoisotopic (exact) mass is 822 g/mol.